The number of unbranched alkanes of at least 4 members (excludes halogenated alkanes) is 2. The molecule has 1 aromatic carbocycles. The number of rotatable bonds is 8. The second-order valence-corrected chi connectivity index (χ2v) is 9.11. The zero-order valence-corrected chi connectivity index (χ0v) is 18.5. The summed E-state index contributed by atoms with van der Waals surface area (Å²) < 4.78 is 19.4. The lowest BCUT2D eigenvalue weighted by Gasteiger charge is -2.28. The van der Waals surface area contributed by atoms with Gasteiger partial charge in [0.1, 0.15) is 18.5 Å². The van der Waals surface area contributed by atoms with Gasteiger partial charge in [0.25, 0.3) is 5.56 Å². The normalized spacial score (nSPS) is 20.2. The third-order valence-corrected chi connectivity index (χ3v) is 6.70. The highest BCUT2D eigenvalue weighted by Gasteiger charge is 2.34. The van der Waals surface area contributed by atoms with Crippen molar-refractivity contribution in [3.63, 3.8) is 0 Å². The van der Waals surface area contributed by atoms with Crippen LogP contribution >= 0.6 is 0 Å². The van der Waals surface area contributed by atoms with Crippen molar-refractivity contribution in [1.82, 2.24) is 4.57 Å². The molecule has 0 spiro atoms. The molecule has 31 heavy (non-hydrogen) atoms. The van der Waals surface area contributed by atoms with Crippen LogP contribution in [0.15, 0.2) is 29.1 Å². The summed E-state index contributed by atoms with van der Waals surface area (Å²) in [7, 11) is 0. The van der Waals surface area contributed by atoms with Crippen molar-refractivity contribution in [2.24, 2.45) is 0 Å². The lowest BCUT2D eigenvalue weighted by Crippen LogP contribution is -2.34. The van der Waals surface area contributed by atoms with Crippen molar-refractivity contribution in [3.05, 3.63) is 51.3 Å². The molecule has 2 aliphatic heterocycles. The first kappa shape index (κ1) is 20.8. The Morgan fingerprint density at radius 1 is 1.16 bits per heavy atom. The van der Waals surface area contributed by atoms with E-state index in [0.717, 1.165) is 43.7 Å². The van der Waals surface area contributed by atoms with Gasteiger partial charge in [-0.1, -0.05) is 38.0 Å². The first-order valence-corrected chi connectivity index (χ1v) is 12.0. The minimum absolute atomic E-state index is 0.0351. The van der Waals surface area contributed by atoms with Crippen LogP contribution in [0.4, 0.5) is 0 Å². The maximum absolute atomic E-state index is 13.0. The van der Waals surface area contributed by atoms with Crippen LogP contribution in [0.5, 0.6) is 5.75 Å². The number of pyridine rings is 1. The lowest BCUT2D eigenvalue weighted by atomic mass is 9.90. The Hall–Kier alpha value is -2.11. The topological polar surface area (TPSA) is 49.7 Å². The molecular weight excluding hydrogens is 390 g/mol. The molecule has 1 saturated carbocycles. The van der Waals surface area contributed by atoms with Crippen LogP contribution in [-0.2, 0) is 28.9 Å². The molecule has 2 aromatic rings. The quantitative estimate of drug-likeness (QED) is 0.588. The molecule has 166 valence electrons. The van der Waals surface area contributed by atoms with Gasteiger partial charge in [-0.3, -0.25) is 4.79 Å². The van der Waals surface area contributed by atoms with Crippen molar-refractivity contribution in [1.29, 1.82) is 0 Å². The van der Waals surface area contributed by atoms with Crippen LogP contribution in [-0.4, -0.2) is 37.1 Å². The summed E-state index contributed by atoms with van der Waals surface area (Å²) in [6, 6.07) is 8.57. The molecule has 2 fully saturated rings. The fourth-order valence-electron chi connectivity index (χ4n) is 4.91. The second kappa shape index (κ2) is 9.17. The average Bonchev–Trinajstić information content (AvgIpc) is 3.63. The molecule has 5 heteroatoms. The van der Waals surface area contributed by atoms with E-state index in [2.05, 4.69) is 25.1 Å². The highest BCUT2D eigenvalue weighted by atomic mass is 16.6. The highest BCUT2D eigenvalue weighted by molar-refractivity contribution is 5.73. The van der Waals surface area contributed by atoms with Crippen LogP contribution in [0.25, 0.3) is 11.3 Å². The van der Waals surface area contributed by atoms with Gasteiger partial charge >= 0.3 is 0 Å². The van der Waals surface area contributed by atoms with E-state index in [1.807, 2.05) is 4.57 Å². The molecule has 0 unspecified atom stereocenters. The van der Waals surface area contributed by atoms with Gasteiger partial charge in [0.15, 0.2) is 0 Å². The van der Waals surface area contributed by atoms with Crippen LogP contribution in [0.1, 0.15) is 61.6 Å². The van der Waals surface area contributed by atoms with E-state index in [4.69, 9.17) is 14.2 Å². The Morgan fingerprint density at radius 3 is 2.84 bits per heavy atom. The first-order valence-electron chi connectivity index (χ1n) is 12.0. The van der Waals surface area contributed by atoms with Gasteiger partial charge in [0, 0.05) is 23.7 Å². The Balaban J connectivity index is 1.48. The van der Waals surface area contributed by atoms with Gasteiger partial charge in [-0.15, -0.1) is 0 Å². The van der Waals surface area contributed by atoms with Gasteiger partial charge in [0.2, 0.25) is 0 Å². The van der Waals surface area contributed by atoms with Crippen molar-refractivity contribution in [2.75, 3.05) is 26.4 Å². The summed E-state index contributed by atoms with van der Waals surface area (Å²) in [5, 5.41) is 0. The van der Waals surface area contributed by atoms with E-state index in [-0.39, 0.29) is 11.7 Å². The third kappa shape index (κ3) is 4.44. The zero-order valence-electron chi connectivity index (χ0n) is 18.5. The van der Waals surface area contributed by atoms with Crippen molar-refractivity contribution in [3.8, 4) is 17.0 Å². The van der Waals surface area contributed by atoms with Gasteiger partial charge in [-0.25, -0.2) is 0 Å². The molecule has 1 saturated heterocycles. The molecular formula is C26H33NO4. The molecule has 1 aromatic heterocycles. The third-order valence-electron chi connectivity index (χ3n) is 6.70. The van der Waals surface area contributed by atoms with Gasteiger partial charge in [-0.2, -0.15) is 0 Å². The van der Waals surface area contributed by atoms with E-state index in [1.54, 1.807) is 6.07 Å². The van der Waals surface area contributed by atoms with Crippen molar-refractivity contribution in [2.45, 2.75) is 70.4 Å². The molecule has 0 N–H and O–H groups in total. The van der Waals surface area contributed by atoms with Crippen LogP contribution in [0, 0.1) is 0 Å². The minimum Gasteiger partial charge on any atom is -0.490 e. The number of aromatic nitrogens is 1. The second-order valence-electron chi connectivity index (χ2n) is 9.11. The van der Waals surface area contributed by atoms with E-state index in [9.17, 15) is 4.79 Å². The average molecular weight is 424 g/mol. The van der Waals surface area contributed by atoms with Gasteiger partial charge in [0.05, 0.1) is 25.5 Å². The lowest BCUT2D eigenvalue weighted by molar-refractivity contribution is -0.101. The Morgan fingerprint density at radius 2 is 2.06 bits per heavy atom. The summed E-state index contributed by atoms with van der Waals surface area (Å²) in [5.41, 5.74) is 6.34. The number of ether oxygens (including phenoxy) is 3. The van der Waals surface area contributed by atoms with E-state index >= 15 is 0 Å². The summed E-state index contributed by atoms with van der Waals surface area (Å²) in [4.78, 5) is 13.0. The van der Waals surface area contributed by atoms with E-state index in [1.165, 1.54) is 41.5 Å². The molecule has 3 heterocycles. The SMILES string of the molecule is CCCCCc1ccc2c(c1)CCn1c-2c(C2CC2)c(OC[C@@H]2COCCO2)cc1=O. The molecule has 0 radical (unpaired) electrons. The Bertz CT molecular complexity index is 986. The highest BCUT2D eigenvalue weighted by Crippen LogP contribution is 2.49. The zero-order chi connectivity index (χ0) is 21.2. The number of hydrogen-bond acceptors (Lipinski definition) is 4. The number of nitrogens with zero attached hydrogens (tertiary/aromatic N) is 1. The molecule has 5 rings (SSSR count). The number of fused-ring (bicyclic) bond motifs is 3. The predicted molar refractivity (Wildman–Crippen MR) is 121 cm³/mol. The fraction of sp³-hybridized carbons (Fsp3) is 0.577. The van der Waals surface area contributed by atoms with E-state index in [0.29, 0.717) is 32.3 Å². The van der Waals surface area contributed by atoms with Gasteiger partial charge in [-0.05, 0) is 49.1 Å². The summed E-state index contributed by atoms with van der Waals surface area (Å²) >= 11 is 0. The molecule has 1 aliphatic carbocycles. The Labute approximate surface area is 184 Å². The summed E-state index contributed by atoms with van der Waals surface area (Å²) in [5.74, 6) is 1.23. The maximum Gasteiger partial charge on any atom is 0.254 e. The fourth-order valence-corrected chi connectivity index (χ4v) is 4.91. The predicted octanol–water partition coefficient (Wildman–Crippen LogP) is 4.48. The summed E-state index contributed by atoms with van der Waals surface area (Å²) in [6.45, 7) is 5.21. The Kier molecular flexibility index (Phi) is 6.15. The summed E-state index contributed by atoms with van der Waals surface area (Å²) in [6.07, 6.45) is 8.06. The van der Waals surface area contributed by atoms with Gasteiger partial charge < -0.3 is 18.8 Å². The van der Waals surface area contributed by atoms with Crippen molar-refractivity contribution >= 4 is 0 Å². The van der Waals surface area contributed by atoms with Crippen LogP contribution < -0.4 is 10.3 Å². The first-order chi connectivity index (χ1) is 15.2. The maximum atomic E-state index is 13.0. The number of hydrogen-bond donors (Lipinski definition) is 0. The number of aryl methyl sites for hydroxylation is 2. The largest absolute Gasteiger partial charge is 0.490 e. The molecule has 1 atom stereocenters. The number of benzene rings is 1. The van der Waals surface area contributed by atoms with E-state index < -0.39 is 0 Å². The van der Waals surface area contributed by atoms with Crippen LogP contribution in [0.3, 0.4) is 0 Å². The van der Waals surface area contributed by atoms with Crippen LogP contribution in [0.2, 0.25) is 0 Å². The molecule has 3 aliphatic rings. The molecule has 0 bridgehead atoms. The molecule has 0 amide bonds. The smallest absolute Gasteiger partial charge is 0.254 e. The van der Waals surface area contributed by atoms with Crippen molar-refractivity contribution < 1.29 is 14.2 Å². The minimum atomic E-state index is -0.0717. The monoisotopic (exact) mass is 423 g/mol. The standard InChI is InChI=1S/C26H33NO4/c1-2-3-4-5-18-6-9-22-20(14-18)10-11-27-24(28)15-23(25(26(22)27)19-7-8-19)31-17-21-16-29-12-13-30-21/h6,9,14-15,19,21H,2-5,7-8,10-13,16-17H2,1H3/t21-/m0/s1. The molecule has 5 nitrogen and oxygen atoms in total.